The first kappa shape index (κ1) is 16.7. The van der Waals surface area contributed by atoms with Gasteiger partial charge in [-0.2, -0.15) is 0 Å². The van der Waals surface area contributed by atoms with E-state index in [1.807, 2.05) is 42.5 Å². The zero-order valence-corrected chi connectivity index (χ0v) is 12.7. The van der Waals surface area contributed by atoms with Crippen LogP contribution in [0.5, 0.6) is 0 Å². The number of hydrogen-bond acceptors (Lipinski definition) is 1. The molecule has 0 aliphatic heterocycles. The molecule has 0 spiro atoms. The first-order valence-corrected chi connectivity index (χ1v) is 7.89. The van der Waals surface area contributed by atoms with Gasteiger partial charge in [0, 0.05) is 0 Å². The fourth-order valence-electron chi connectivity index (χ4n) is 2.08. The van der Waals surface area contributed by atoms with Gasteiger partial charge in [0.05, 0.1) is 6.10 Å². The molecule has 1 nitrogen and oxygen atoms in total. The molecule has 1 aromatic carbocycles. The lowest BCUT2D eigenvalue weighted by atomic mass is 10.1. The molecule has 1 rings (SSSR count). The molecular formula is C19H28O. The zero-order valence-electron chi connectivity index (χ0n) is 12.7. The lowest BCUT2D eigenvalue weighted by Crippen LogP contribution is -1.98. The number of allylic oxidation sites excluding steroid dienone is 1. The van der Waals surface area contributed by atoms with Crippen molar-refractivity contribution >= 4 is 6.08 Å². The van der Waals surface area contributed by atoms with Gasteiger partial charge in [0.2, 0.25) is 0 Å². The van der Waals surface area contributed by atoms with Gasteiger partial charge in [0.25, 0.3) is 0 Å². The van der Waals surface area contributed by atoms with E-state index in [9.17, 15) is 5.11 Å². The molecule has 0 bridgehead atoms. The highest BCUT2D eigenvalue weighted by molar-refractivity contribution is 5.49. The molecule has 1 aromatic rings. The maximum absolute atomic E-state index is 9.85. The van der Waals surface area contributed by atoms with E-state index < -0.39 is 0 Å². The number of unbranched alkanes of at least 4 members (excludes halogenated alkanes) is 5. The molecule has 0 heterocycles. The van der Waals surface area contributed by atoms with Crippen LogP contribution in [0.3, 0.4) is 0 Å². The Morgan fingerprint density at radius 3 is 2.50 bits per heavy atom. The van der Waals surface area contributed by atoms with Crippen molar-refractivity contribution in [2.45, 2.75) is 58.0 Å². The zero-order chi connectivity index (χ0) is 14.5. The van der Waals surface area contributed by atoms with Crippen molar-refractivity contribution in [1.82, 2.24) is 0 Å². The Morgan fingerprint density at radius 1 is 1.00 bits per heavy atom. The van der Waals surface area contributed by atoms with Crippen LogP contribution in [0.4, 0.5) is 0 Å². The molecule has 1 atom stereocenters. The molecule has 20 heavy (non-hydrogen) atoms. The van der Waals surface area contributed by atoms with E-state index in [-0.39, 0.29) is 6.10 Å². The Hall–Kier alpha value is -1.34. The third kappa shape index (κ3) is 8.71. The summed E-state index contributed by atoms with van der Waals surface area (Å²) in [5.41, 5.74) is 1.13. The van der Waals surface area contributed by atoms with Crippen molar-refractivity contribution < 1.29 is 5.11 Å². The number of hydrogen-bond donors (Lipinski definition) is 1. The van der Waals surface area contributed by atoms with Crippen LogP contribution in [0.15, 0.2) is 48.6 Å². The lowest BCUT2D eigenvalue weighted by Gasteiger charge is -2.01. The predicted octanol–water partition coefficient (Wildman–Crippen LogP) is 5.37. The maximum Gasteiger partial charge on any atom is 0.0758 e. The highest BCUT2D eigenvalue weighted by Crippen LogP contribution is 2.07. The highest BCUT2D eigenvalue weighted by Gasteiger charge is 1.95. The number of benzene rings is 1. The van der Waals surface area contributed by atoms with E-state index >= 15 is 0 Å². The van der Waals surface area contributed by atoms with Crippen LogP contribution in [-0.2, 0) is 0 Å². The molecule has 0 saturated heterocycles. The molecule has 1 heteroatoms. The van der Waals surface area contributed by atoms with Crippen LogP contribution in [0.2, 0.25) is 0 Å². The van der Waals surface area contributed by atoms with Gasteiger partial charge in [-0.1, -0.05) is 87.2 Å². The fraction of sp³-hybridized carbons (Fsp3) is 0.474. The van der Waals surface area contributed by atoms with Gasteiger partial charge in [0.1, 0.15) is 0 Å². The van der Waals surface area contributed by atoms with Crippen LogP contribution in [0, 0.1) is 0 Å². The number of aliphatic hydroxyl groups is 1. The lowest BCUT2D eigenvalue weighted by molar-refractivity contribution is 0.227. The third-order valence-corrected chi connectivity index (χ3v) is 3.33. The SMILES string of the molecule is CCCCCCC/C=C/CC(O)/C=C/c1ccccc1. The summed E-state index contributed by atoms with van der Waals surface area (Å²) in [4.78, 5) is 0. The van der Waals surface area contributed by atoms with Gasteiger partial charge in [-0.15, -0.1) is 0 Å². The average molecular weight is 272 g/mol. The topological polar surface area (TPSA) is 20.2 Å². The van der Waals surface area contributed by atoms with E-state index in [1.165, 1.54) is 32.1 Å². The standard InChI is InChI=1S/C19H28O/c1-2-3-4-5-6-7-8-12-15-19(20)17-16-18-13-10-9-11-14-18/h8-14,16-17,19-20H,2-7,15H2,1H3/b12-8+,17-16+. The molecule has 110 valence electrons. The van der Waals surface area contributed by atoms with Crippen molar-refractivity contribution in [3.8, 4) is 0 Å². The summed E-state index contributed by atoms with van der Waals surface area (Å²) >= 11 is 0. The molecule has 0 saturated carbocycles. The minimum absolute atomic E-state index is 0.383. The fourth-order valence-corrected chi connectivity index (χ4v) is 2.08. The van der Waals surface area contributed by atoms with Gasteiger partial charge in [-0.05, 0) is 24.8 Å². The predicted molar refractivity (Wildman–Crippen MR) is 88.6 cm³/mol. The van der Waals surface area contributed by atoms with Gasteiger partial charge >= 0.3 is 0 Å². The van der Waals surface area contributed by atoms with E-state index in [0.29, 0.717) is 6.42 Å². The van der Waals surface area contributed by atoms with E-state index in [0.717, 1.165) is 12.0 Å². The summed E-state index contributed by atoms with van der Waals surface area (Å²) in [6, 6.07) is 10.1. The Bertz CT molecular complexity index is 378. The molecule has 0 aromatic heterocycles. The van der Waals surface area contributed by atoms with Gasteiger partial charge in [-0.3, -0.25) is 0 Å². The van der Waals surface area contributed by atoms with Crippen molar-refractivity contribution in [2.24, 2.45) is 0 Å². The summed E-state index contributed by atoms with van der Waals surface area (Å²) in [6.07, 6.45) is 16.2. The maximum atomic E-state index is 9.85. The Labute approximate surface area is 124 Å². The first-order valence-electron chi connectivity index (χ1n) is 7.89. The van der Waals surface area contributed by atoms with E-state index in [2.05, 4.69) is 19.1 Å². The third-order valence-electron chi connectivity index (χ3n) is 3.33. The van der Waals surface area contributed by atoms with Gasteiger partial charge < -0.3 is 5.11 Å². The van der Waals surface area contributed by atoms with E-state index in [4.69, 9.17) is 0 Å². The van der Waals surface area contributed by atoms with Crippen LogP contribution in [0.25, 0.3) is 6.08 Å². The second-order valence-corrected chi connectivity index (χ2v) is 5.25. The molecule has 1 unspecified atom stereocenters. The van der Waals surface area contributed by atoms with E-state index in [1.54, 1.807) is 0 Å². The minimum atomic E-state index is -0.383. The highest BCUT2D eigenvalue weighted by atomic mass is 16.3. The van der Waals surface area contributed by atoms with Gasteiger partial charge in [0.15, 0.2) is 0 Å². The van der Waals surface area contributed by atoms with Crippen molar-refractivity contribution in [3.63, 3.8) is 0 Å². The molecule has 0 fully saturated rings. The summed E-state index contributed by atoms with van der Waals surface area (Å²) in [7, 11) is 0. The second kappa shape index (κ2) is 11.5. The largest absolute Gasteiger partial charge is 0.389 e. The average Bonchev–Trinajstić information content (AvgIpc) is 2.49. The number of aliphatic hydroxyl groups excluding tert-OH is 1. The smallest absolute Gasteiger partial charge is 0.0758 e. The Balaban J connectivity index is 2.10. The van der Waals surface area contributed by atoms with Crippen molar-refractivity contribution in [1.29, 1.82) is 0 Å². The second-order valence-electron chi connectivity index (χ2n) is 5.25. The Kier molecular flexibility index (Phi) is 9.60. The first-order chi connectivity index (χ1) is 9.83. The minimum Gasteiger partial charge on any atom is -0.389 e. The van der Waals surface area contributed by atoms with Crippen molar-refractivity contribution in [2.75, 3.05) is 0 Å². The molecule has 0 aliphatic carbocycles. The van der Waals surface area contributed by atoms with Crippen LogP contribution < -0.4 is 0 Å². The molecular weight excluding hydrogens is 244 g/mol. The normalized spacial score (nSPS) is 13.3. The van der Waals surface area contributed by atoms with Crippen LogP contribution in [-0.4, -0.2) is 11.2 Å². The molecule has 0 amide bonds. The number of rotatable bonds is 10. The molecule has 0 aliphatic rings. The Morgan fingerprint density at radius 2 is 1.75 bits per heavy atom. The molecule has 1 N–H and O–H groups in total. The summed E-state index contributed by atoms with van der Waals surface area (Å²) in [5.74, 6) is 0. The summed E-state index contributed by atoms with van der Waals surface area (Å²) in [6.45, 7) is 2.24. The van der Waals surface area contributed by atoms with Crippen molar-refractivity contribution in [3.05, 3.63) is 54.1 Å². The van der Waals surface area contributed by atoms with Gasteiger partial charge in [-0.25, -0.2) is 0 Å². The summed E-state index contributed by atoms with van der Waals surface area (Å²) in [5, 5.41) is 9.85. The molecule has 0 radical (unpaired) electrons. The van der Waals surface area contributed by atoms with Crippen LogP contribution >= 0.6 is 0 Å². The van der Waals surface area contributed by atoms with Crippen LogP contribution in [0.1, 0.15) is 57.4 Å². The summed E-state index contributed by atoms with van der Waals surface area (Å²) < 4.78 is 0. The monoisotopic (exact) mass is 272 g/mol. The quantitative estimate of drug-likeness (QED) is 0.448.